The second-order valence-corrected chi connectivity index (χ2v) is 5.49. The molecule has 0 saturated carbocycles. The lowest BCUT2D eigenvalue weighted by atomic mass is 10.1. The minimum Gasteiger partial charge on any atom is -0.466 e. The Labute approximate surface area is 107 Å². The molecule has 0 atom stereocenters. The molecule has 0 aliphatic rings. The van der Waals surface area contributed by atoms with Crippen molar-refractivity contribution in [2.45, 2.75) is 40.2 Å². The Hall–Kier alpha value is -1.84. The molecular formula is C14H18N2O2. The van der Waals surface area contributed by atoms with E-state index in [1.54, 1.807) is 6.20 Å². The van der Waals surface area contributed by atoms with Crippen molar-refractivity contribution in [3.8, 4) is 11.3 Å². The fourth-order valence-electron chi connectivity index (χ4n) is 1.89. The number of nitrogens with zero attached hydrogens (tertiary/aromatic N) is 2. The van der Waals surface area contributed by atoms with Gasteiger partial charge in [-0.15, -0.1) is 0 Å². The first-order chi connectivity index (χ1) is 8.32. The maximum atomic E-state index is 11.2. The molecule has 0 aliphatic heterocycles. The number of rotatable bonds is 2. The van der Waals surface area contributed by atoms with Crippen LogP contribution in [0.2, 0.25) is 0 Å². The topological polar surface area (TPSA) is 48.0 Å². The molecule has 0 bridgehead atoms. The molecule has 0 spiro atoms. The van der Waals surface area contributed by atoms with E-state index in [0.717, 1.165) is 23.4 Å². The number of hydrogen-bond donors (Lipinski definition) is 0. The lowest BCUT2D eigenvalue weighted by Gasteiger charge is -2.18. The van der Waals surface area contributed by atoms with Gasteiger partial charge in [0.05, 0.1) is 11.1 Å². The van der Waals surface area contributed by atoms with Crippen molar-refractivity contribution >= 4 is 6.29 Å². The van der Waals surface area contributed by atoms with Gasteiger partial charge < -0.3 is 4.42 Å². The number of carbonyl (C=O) groups is 1. The van der Waals surface area contributed by atoms with Gasteiger partial charge >= 0.3 is 0 Å². The third kappa shape index (κ3) is 2.10. The Kier molecular flexibility index (Phi) is 2.89. The number of aromatic nitrogens is 2. The number of aryl methyl sites for hydroxylation is 2. The van der Waals surface area contributed by atoms with Crippen LogP contribution in [-0.4, -0.2) is 16.1 Å². The third-order valence-corrected chi connectivity index (χ3v) is 2.85. The lowest BCUT2D eigenvalue weighted by Crippen LogP contribution is -2.22. The van der Waals surface area contributed by atoms with Crippen LogP contribution in [0.1, 0.15) is 42.6 Å². The fourth-order valence-corrected chi connectivity index (χ4v) is 1.89. The second-order valence-electron chi connectivity index (χ2n) is 5.49. The van der Waals surface area contributed by atoms with Crippen LogP contribution in [0.15, 0.2) is 16.7 Å². The first-order valence-corrected chi connectivity index (χ1v) is 5.95. The van der Waals surface area contributed by atoms with Gasteiger partial charge in [0, 0.05) is 11.8 Å². The number of carbonyl (C=O) groups excluding carboxylic acids is 1. The van der Waals surface area contributed by atoms with Gasteiger partial charge in [0.1, 0.15) is 17.2 Å². The van der Waals surface area contributed by atoms with E-state index >= 15 is 0 Å². The van der Waals surface area contributed by atoms with Crippen molar-refractivity contribution in [1.82, 2.24) is 9.78 Å². The number of furan rings is 1. The quantitative estimate of drug-likeness (QED) is 0.764. The van der Waals surface area contributed by atoms with Crippen LogP contribution in [0.3, 0.4) is 0 Å². The van der Waals surface area contributed by atoms with Crippen molar-refractivity contribution < 1.29 is 9.21 Å². The predicted octanol–water partition coefficient (Wildman–Crippen LogP) is 3.33. The van der Waals surface area contributed by atoms with E-state index in [-0.39, 0.29) is 5.54 Å². The molecule has 18 heavy (non-hydrogen) atoms. The molecular weight excluding hydrogens is 228 g/mol. The molecule has 2 heterocycles. The van der Waals surface area contributed by atoms with Crippen molar-refractivity contribution in [3.05, 3.63) is 29.3 Å². The van der Waals surface area contributed by atoms with Crippen LogP contribution >= 0.6 is 0 Å². The second kappa shape index (κ2) is 4.12. The first-order valence-electron chi connectivity index (χ1n) is 5.95. The summed E-state index contributed by atoms with van der Waals surface area (Å²) in [6.07, 6.45) is 2.62. The molecule has 4 nitrogen and oxygen atoms in total. The molecule has 0 aliphatic carbocycles. The van der Waals surface area contributed by atoms with Crippen molar-refractivity contribution in [2.24, 2.45) is 0 Å². The minimum absolute atomic E-state index is 0.150. The van der Waals surface area contributed by atoms with Gasteiger partial charge in [-0.05, 0) is 40.7 Å². The summed E-state index contributed by atoms with van der Waals surface area (Å²) in [5, 5.41) is 4.52. The molecule has 0 aromatic carbocycles. The summed E-state index contributed by atoms with van der Waals surface area (Å²) in [5.41, 5.74) is 2.02. The van der Waals surface area contributed by atoms with Crippen LogP contribution in [0.25, 0.3) is 11.3 Å². The molecule has 4 heteroatoms. The Bertz CT molecular complexity index is 585. The smallest absolute Gasteiger partial charge is 0.153 e. The highest BCUT2D eigenvalue weighted by Crippen LogP contribution is 2.29. The maximum Gasteiger partial charge on any atom is 0.153 e. The van der Waals surface area contributed by atoms with Gasteiger partial charge in [0.15, 0.2) is 6.29 Å². The van der Waals surface area contributed by atoms with Crippen LogP contribution in [0.4, 0.5) is 0 Å². The summed E-state index contributed by atoms with van der Waals surface area (Å²) in [4.78, 5) is 11.2. The van der Waals surface area contributed by atoms with Gasteiger partial charge in [-0.1, -0.05) is 0 Å². The number of aldehydes is 1. The maximum absolute atomic E-state index is 11.2. The van der Waals surface area contributed by atoms with E-state index in [4.69, 9.17) is 4.42 Å². The van der Waals surface area contributed by atoms with Gasteiger partial charge in [0.25, 0.3) is 0 Å². The zero-order valence-electron chi connectivity index (χ0n) is 11.4. The molecule has 0 saturated heterocycles. The third-order valence-electron chi connectivity index (χ3n) is 2.85. The molecule has 2 rings (SSSR count). The largest absolute Gasteiger partial charge is 0.466 e. The normalized spacial score (nSPS) is 11.8. The van der Waals surface area contributed by atoms with E-state index in [1.807, 2.05) is 45.4 Å². The van der Waals surface area contributed by atoms with E-state index in [0.29, 0.717) is 11.3 Å². The lowest BCUT2D eigenvalue weighted by molar-refractivity contribution is 0.112. The molecule has 0 amide bonds. The van der Waals surface area contributed by atoms with E-state index in [9.17, 15) is 4.79 Å². The highest BCUT2D eigenvalue weighted by atomic mass is 16.3. The highest BCUT2D eigenvalue weighted by Gasteiger charge is 2.20. The van der Waals surface area contributed by atoms with Crippen molar-refractivity contribution in [2.75, 3.05) is 0 Å². The van der Waals surface area contributed by atoms with Crippen LogP contribution in [0, 0.1) is 13.8 Å². The Balaban J connectivity index is 2.60. The summed E-state index contributed by atoms with van der Waals surface area (Å²) in [5.74, 6) is 1.61. The van der Waals surface area contributed by atoms with Gasteiger partial charge in [0.2, 0.25) is 0 Å². The summed E-state index contributed by atoms with van der Waals surface area (Å²) < 4.78 is 7.31. The van der Waals surface area contributed by atoms with E-state index < -0.39 is 0 Å². The van der Waals surface area contributed by atoms with E-state index in [2.05, 4.69) is 5.10 Å². The SMILES string of the molecule is Cc1cc(-c2nn(C(C)(C)C)cc2C=O)c(C)o1. The Morgan fingerprint density at radius 1 is 1.33 bits per heavy atom. The minimum atomic E-state index is -0.150. The average molecular weight is 246 g/mol. The van der Waals surface area contributed by atoms with Gasteiger partial charge in [-0.3, -0.25) is 9.48 Å². The Morgan fingerprint density at radius 2 is 2.00 bits per heavy atom. The molecule has 2 aromatic rings. The molecule has 0 N–H and O–H groups in total. The zero-order chi connectivity index (χ0) is 13.5. The molecule has 0 unspecified atom stereocenters. The van der Waals surface area contributed by atoms with Gasteiger partial charge in [-0.2, -0.15) is 5.10 Å². The Morgan fingerprint density at radius 3 is 2.44 bits per heavy atom. The summed E-state index contributed by atoms with van der Waals surface area (Å²) in [6.45, 7) is 9.91. The predicted molar refractivity (Wildman–Crippen MR) is 69.8 cm³/mol. The van der Waals surface area contributed by atoms with Gasteiger partial charge in [-0.25, -0.2) is 0 Å². The monoisotopic (exact) mass is 246 g/mol. The summed E-state index contributed by atoms with van der Waals surface area (Å²) in [7, 11) is 0. The summed E-state index contributed by atoms with van der Waals surface area (Å²) in [6, 6.07) is 1.91. The van der Waals surface area contributed by atoms with Crippen LogP contribution in [-0.2, 0) is 5.54 Å². The molecule has 0 radical (unpaired) electrons. The number of hydrogen-bond acceptors (Lipinski definition) is 3. The summed E-state index contributed by atoms with van der Waals surface area (Å²) >= 11 is 0. The fraction of sp³-hybridized carbons (Fsp3) is 0.429. The first kappa shape index (κ1) is 12.6. The van der Waals surface area contributed by atoms with Crippen molar-refractivity contribution in [1.29, 1.82) is 0 Å². The van der Waals surface area contributed by atoms with Crippen LogP contribution < -0.4 is 0 Å². The average Bonchev–Trinajstić information content (AvgIpc) is 2.80. The van der Waals surface area contributed by atoms with Crippen LogP contribution in [0.5, 0.6) is 0 Å². The molecule has 0 fully saturated rings. The van der Waals surface area contributed by atoms with E-state index in [1.165, 1.54) is 0 Å². The molecule has 96 valence electrons. The standard InChI is InChI=1S/C14H18N2O2/c1-9-6-12(10(2)18-9)13-11(8-17)7-16(15-13)14(3,4)5/h6-8H,1-5H3. The highest BCUT2D eigenvalue weighted by molar-refractivity contribution is 5.86. The zero-order valence-corrected chi connectivity index (χ0v) is 11.4. The molecule has 2 aromatic heterocycles. The van der Waals surface area contributed by atoms with Crippen molar-refractivity contribution in [3.63, 3.8) is 0 Å².